The zero-order valence-electron chi connectivity index (χ0n) is 20.8. The Kier molecular flexibility index (Phi) is 7.54. The van der Waals surface area contributed by atoms with Gasteiger partial charge in [0.25, 0.3) is 0 Å². The van der Waals surface area contributed by atoms with Crippen molar-refractivity contribution in [2.75, 3.05) is 0 Å². The molecular formula is C31H42O. The molecule has 0 bridgehead atoms. The van der Waals surface area contributed by atoms with E-state index in [1.807, 2.05) is 0 Å². The van der Waals surface area contributed by atoms with Crippen LogP contribution in [0.15, 0.2) is 36.4 Å². The molecule has 172 valence electrons. The van der Waals surface area contributed by atoms with E-state index in [2.05, 4.69) is 64.1 Å². The zero-order valence-corrected chi connectivity index (χ0v) is 20.8. The van der Waals surface area contributed by atoms with Crippen molar-refractivity contribution in [1.82, 2.24) is 0 Å². The third kappa shape index (κ3) is 5.72. The lowest BCUT2D eigenvalue weighted by Crippen LogP contribution is -2.19. The van der Waals surface area contributed by atoms with Crippen molar-refractivity contribution in [2.45, 2.75) is 104 Å². The molecule has 2 saturated carbocycles. The molecule has 0 spiro atoms. The highest BCUT2D eigenvalue weighted by atomic mass is 16.1. The molecular weight excluding hydrogens is 388 g/mol. The Morgan fingerprint density at radius 2 is 0.938 bits per heavy atom. The SMILES string of the molecule is Cc1cc(C)cc([C@@H](CC(=O)C[C@H](c2cc(C)cc(C)c2)C2CCCC2)C2CCCC2)c1. The maximum atomic E-state index is 13.7. The molecule has 0 aromatic heterocycles. The van der Waals surface area contributed by atoms with E-state index in [0.29, 0.717) is 29.5 Å². The molecule has 2 aliphatic rings. The van der Waals surface area contributed by atoms with Crippen LogP contribution < -0.4 is 0 Å². The van der Waals surface area contributed by atoms with Gasteiger partial charge in [0.05, 0.1) is 0 Å². The molecule has 2 atom stereocenters. The Morgan fingerprint density at radius 3 is 1.25 bits per heavy atom. The monoisotopic (exact) mass is 430 g/mol. The topological polar surface area (TPSA) is 17.1 Å². The number of aryl methyl sites for hydroxylation is 4. The van der Waals surface area contributed by atoms with Crippen LogP contribution in [0.5, 0.6) is 0 Å². The van der Waals surface area contributed by atoms with Crippen molar-refractivity contribution in [3.8, 4) is 0 Å². The van der Waals surface area contributed by atoms with E-state index >= 15 is 0 Å². The Hall–Kier alpha value is -1.89. The third-order valence-electron chi connectivity index (χ3n) is 8.18. The van der Waals surface area contributed by atoms with E-state index < -0.39 is 0 Å². The summed E-state index contributed by atoms with van der Waals surface area (Å²) < 4.78 is 0. The average Bonchev–Trinajstić information content (AvgIpc) is 3.43. The second kappa shape index (κ2) is 10.4. The minimum Gasteiger partial charge on any atom is -0.300 e. The van der Waals surface area contributed by atoms with Crippen molar-refractivity contribution in [3.05, 3.63) is 69.8 Å². The van der Waals surface area contributed by atoms with Gasteiger partial charge in [-0.2, -0.15) is 0 Å². The first kappa shape index (κ1) is 23.3. The molecule has 0 amide bonds. The zero-order chi connectivity index (χ0) is 22.7. The van der Waals surface area contributed by atoms with Gasteiger partial charge in [-0.15, -0.1) is 0 Å². The van der Waals surface area contributed by atoms with Gasteiger partial charge in [0.15, 0.2) is 0 Å². The maximum absolute atomic E-state index is 13.7. The van der Waals surface area contributed by atoms with Gasteiger partial charge in [0.2, 0.25) is 0 Å². The summed E-state index contributed by atoms with van der Waals surface area (Å²) in [4.78, 5) is 13.7. The summed E-state index contributed by atoms with van der Waals surface area (Å²) in [5.41, 5.74) is 8.13. The number of ketones is 1. The van der Waals surface area contributed by atoms with Crippen LogP contribution in [0, 0.1) is 39.5 Å². The van der Waals surface area contributed by atoms with Crippen molar-refractivity contribution < 1.29 is 4.79 Å². The summed E-state index contributed by atoms with van der Waals surface area (Å²) in [5, 5.41) is 0. The summed E-state index contributed by atoms with van der Waals surface area (Å²) in [6, 6.07) is 13.9. The van der Waals surface area contributed by atoms with Gasteiger partial charge in [-0.05, 0) is 88.2 Å². The van der Waals surface area contributed by atoms with Crippen LogP contribution in [0.1, 0.15) is 109 Å². The number of carbonyl (C=O) groups is 1. The molecule has 0 radical (unpaired) electrons. The minimum atomic E-state index is 0.395. The first-order valence-electron chi connectivity index (χ1n) is 13.1. The van der Waals surface area contributed by atoms with Gasteiger partial charge in [0.1, 0.15) is 5.78 Å². The molecule has 4 rings (SSSR count). The highest BCUT2D eigenvalue weighted by Gasteiger charge is 2.32. The Balaban J connectivity index is 1.57. The lowest BCUT2D eigenvalue weighted by molar-refractivity contribution is -0.120. The molecule has 2 aliphatic carbocycles. The van der Waals surface area contributed by atoms with E-state index in [4.69, 9.17) is 0 Å². The van der Waals surface area contributed by atoms with Crippen LogP contribution in [-0.2, 0) is 4.79 Å². The maximum Gasteiger partial charge on any atom is 0.134 e. The van der Waals surface area contributed by atoms with Crippen molar-refractivity contribution in [2.24, 2.45) is 11.8 Å². The predicted octanol–water partition coefficient (Wildman–Crippen LogP) is 8.52. The molecule has 0 aliphatic heterocycles. The second-order valence-corrected chi connectivity index (χ2v) is 11.1. The molecule has 1 heteroatoms. The number of hydrogen-bond acceptors (Lipinski definition) is 1. The summed E-state index contributed by atoms with van der Waals surface area (Å²) >= 11 is 0. The van der Waals surface area contributed by atoms with Crippen LogP contribution in [-0.4, -0.2) is 5.78 Å². The fourth-order valence-electron chi connectivity index (χ4n) is 6.85. The minimum absolute atomic E-state index is 0.395. The van der Waals surface area contributed by atoms with Gasteiger partial charge in [-0.3, -0.25) is 4.79 Å². The van der Waals surface area contributed by atoms with Crippen LogP contribution in [0.3, 0.4) is 0 Å². The highest BCUT2D eigenvalue weighted by Crippen LogP contribution is 2.43. The Labute approximate surface area is 196 Å². The van der Waals surface area contributed by atoms with E-state index in [0.717, 1.165) is 12.8 Å². The molecule has 2 aromatic carbocycles. The van der Waals surface area contributed by atoms with E-state index in [9.17, 15) is 4.79 Å². The largest absolute Gasteiger partial charge is 0.300 e. The Morgan fingerprint density at radius 1 is 0.625 bits per heavy atom. The van der Waals surface area contributed by atoms with E-state index in [-0.39, 0.29) is 0 Å². The summed E-state index contributed by atoms with van der Waals surface area (Å²) in [6.45, 7) is 8.78. The number of Topliss-reactive ketones (excluding diaryl/α,β-unsaturated/α-hetero) is 1. The van der Waals surface area contributed by atoms with Gasteiger partial charge in [-0.25, -0.2) is 0 Å². The summed E-state index contributed by atoms with van der Waals surface area (Å²) in [6.07, 6.45) is 11.9. The lowest BCUT2D eigenvalue weighted by atomic mass is 9.76. The number of benzene rings is 2. The highest BCUT2D eigenvalue weighted by molar-refractivity contribution is 5.80. The molecule has 0 N–H and O–H groups in total. The number of rotatable bonds is 8. The van der Waals surface area contributed by atoms with E-state index in [1.54, 1.807) is 0 Å². The van der Waals surface area contributed by atoms with E-state index in [1.165, 1.54) is 84.7 Å². The molecule has 0 heterocycles. The van der Waals surface area contributed by atoms with Crippen molar-refractivity contribution in [1.29, 1.82) is 0 Å². The number of carbonyl (C=O) groups excluding carboxylic acids is 1. The molecule has 2 aromatic rings. The predicted molar refractivity (Wildman–Crippen MR) is 135 cm³/mol. The molecule has 0 saturated heterocycles. The molecule has 32 heavy (non-hydrogen) atoms. The first-order chi connectivity index (χ1) is 15.4. The van der Waals surface area contributed by atoms with Crippen LogP contribution in [0.4, 0.5) is 0 Å². The van der Waals surface area contributed by atoms with Crippen molar-refractivity contribution in [3.63, 3.8) is 0 Å². The lowest BCUT2D eigenvalue weighted by Gasteiger charge is -2.27. The number of hydrogen-bond donors (Lipinski definition) is 0. The summed E-state index contributed by atoms with van der Waals surface area (Å²) in [5.74, 6) is 2.62. The van der Waals surface area contributed by atoms with Crippen LogP contribution in [0.2, 0.25) is 0 Å². The van der Waals surface area contributed by atoms with Gasteiger partial charge < -0.3 is 0 Å². The summed E-state index contributed by atoms with van der Waals surface area (Å²) in [7, 11) is 0. The molecule has 2 fully saturated rings. The third-order valence-corrected chi connectivity index (χ3v) is 8.18. The van der Waals surface area contributed by atoms with Gasteiger partial charge in [0, 0.05) is 12.8 Å². The van der Waals surface area contributed by atoms with Gasteiger partial charge >= 0.3 is 0 Å². The fraction of sp³-hybridized carbons (Fsp3) is 0.581. The smallest absolute Gasteiger partial charge is 0.134 e. The second-order valence-electron chi connectivity index (χ2n) is 11.1. The van der Waals surface area contributed by atoms with Gasteiger partial charge in [-0.1, -0.05) is 84.3 Å². The molecule has 0 unspecified atom stereocenters. The van der Waals surface area contributed by atoms with Crippen molar-refractivity contribution >= 4 is 5.78 Å². The van der Waals surface area contributed by atoms with Crippen LogP contribution in [0.25, 0.3) is 0 Å². The quantitative estimate of drug-likeness (QED) is 0.410. The Bertz CT molecular complexity index is 811. The average molecular weight is 431 g/mol. The standard InChI is InChI=1S/C31H42O/c1-21-13-22(2)16-27(15-21)30(25-9-5-6-10-25)19-29(32)20-31(26-11-7-8-12-26)28-17-23(3)14-24(4)18-28/h13-18,25-26,30-31H,5-12,19-20H2,1-4H3/t30-,31-/m0/s1. The molecule has 1 nitrogen and oxygen atoms in total. The normalized spacial score (nSPS) is 19.4. The first-order valence-corrected chi connectivity index (χ1v) is 13.1. The van der Waals surface area contributed by atoms with Crippen LogP contribution >= 0.6 is 0 Å². The fourth-order valence-corrected chi connectivity index (χ4v) is 6.85.